The summed E-state index contributed by atoms with van der Waals surface area (Å²) in [6, 6.07) is 9.58. The number of hydrogen-bond donors (Lipinski definition) is 1. The van der Waals surface area contributed by atoms with Crippen molar-refractivity contribution in [2.75, 3.05) is 12.3 Å². The fourth-order valence-electron chi connectivity index (χ4n) is 2.85. The molecule has 20 heavy (non-hydrogen) atoms. The van der Waals surface area contributed by atoms with Crippen molar-refractivity contribution in [3.05, 3.63) is 35.4 Å². The third-order valence-electron chi connectivity index (χ3n) is 4.17. The van der Waals surface area contributed by atoms with Crippen molar-refractivity contribution in [2.24, 2.45) is 0 Å². The first kappa shape index (κ1) is 15.9. The lowest BCUT2D eigenvalue weighted by Gasteiger charge is -2.25. The number of aryl methyl sites for hydroxylation is 1. The molecule has 2 heteroatoms. The molecule has 0 spiro atoms. The van der Waals surface area contributed by atoms with Crippen molar-refractivity contribution in [1.29, 1.82) is 0 Å². The van der Waals surface area contributed by atoms with Crippen LogP contribution in [0.2, 0.25) is 0 Å². The lowest BCUT2D eigenvalue weighted by Crippen LogP contribution is -2.25. The Hall–Kier alpha value is -0.470. The van der Waals surface area contributed by atoms with E-state index in [1.165, 1.54) is 55.4 Å². The molecule has 0 aliphatic heterocycles. The summed E-state index contributed by atoms with van der Waals surface area (Å²) in [5, 5.41) is 4.63. The molecule has 0 radical (unpaired) electrons. The van der Waals surface area contributed by atoms with Crippen molar-refractivity contribution in [1.82, 2.24) is 5.32 Å². The molecule has 1 aliphatic rings. The second kappa shape index (κ2) is 8.74. The molecule has 1 aromatic carbocycles. The molecule has 0 bridgehead atoms. The SMILES string of the molecule is CCCNC(CSC1CCCCC1)c1ccc(C)cc1. The smallest absolute Gasteiger partial charge is 0.0411 e. The van der Waals surface area contributed by atoms with Crippen LogP contribution < -0.4 is 5.32 Å². The highest BCUT2D eigenvalue weighted by molar-refractivity contribution is 7.99. The van der Waals surface area contributed by atoms with Crippen molar-refractivity contribution in [2.45, 2.75) is 63.7 Å². The number of rotatable bonds is 7. The molecule has 1 nitrogen and oxygen atoms in total. The summed E-state index contributed by atoms with van der Waals surface area (Å²) >= 11 is 2.19. The van der Waals surface area contributed by atoms with E-state index in [-0.39, 0.29) is 0 Å². The highest BCUT2D eigenvalue weighted by Crippen LogP contribution is 2.31. The molecular weight excluding hydrogens is 262 g/mol. The summed E-state index contributed by atoms with van der Waals surface area (Å²) in [5.74, 6) is 1.22. The van der Waals surface area contributed by atoms with E-state index in [0.717, 1.165) is 11.8 Å². The van der Waals surface area contributed by atoms with Gasteiger partial charge in [-0.25, -0.2) is 0 Å². The second-order valence-corrected chi connectivity index (χ2v) is 7.34. The fourth-order valence-corrected chi connectivity index (χ4v) is 4.30. The van der Waals surface area contributed by atoms with Gasteiger partial charge in [0.15, 0.2) is 0 Å². The average molecular weight is 292 g/mol. The van der Waals surface area contributed by atoms with Crippen molar-refractivity contribution in [3.63, 3.8) is 0 Å². The molecule has 0 aromatic heterocycles. The van der Waals surface area contributed by atoms with Crippen LogP contribution in [0, 0.1) is 6.92 Å². The molecule has 112 valence electrons. The lowest BCUT2D eigenvalue weighted by molar-refractivity contribution is 0.513. The Morgan fingerprint density at radius 1 is 1.15 bits per heavy atom. The third-order valence-corrected chi connectivity index (χ3v) is 5.64. The van der Waals surface area contributed by atoms with Gasteiger partial charge in [0.1, 0.15) is 0 Å². The van der Waals surface area contributed by atoms with Gasteiger partial charge < -0.3 is 5.32 Å². The Labute approximate surface area is 128 Å². The largest absolute Gasteiger partial charge is 0.309 e. The van der Waals surface area contributed by atoms with Gasteiger partial charge in [-0.2, -0.15) is 11.8 Å². The van der Waals surface area contributed by atoms with Crippen molar-refractivity contribution < 1.29 is 0 Å². The average Bonchev–Trinajstić information content (AvgIpc) is 2.50. The van der Waals surface area contributed by atoms with E-state index < -0.39 is 0 Å². The van der Waals surface area contributed by atoms with Gasteiger partial charge in [-0.05, 0) is 38.3 Å². The minimum Gasteiger partial charge on any atom is -0.309 e. The predicted molar refractivity (Wildman–Crippen MR) is 91.5 cm³/mol. The fraction of sp³-hybridized carbons (Fsp3) is 0.667. The van der Waals surface area contributed by atoms with Crippen LogP contribution >= 0.6 is 11.8 Å². The first-order chi connectivity index (χ1) is 9.79. The standard InChI is InChI=1S/C18H29NS/c1-3-13-19-18(16-11-9-15(2)10-12-16)14-20-17-7-5-4-6-8-17/h9-12,17-19H,3-8,13-14H2,1-2H3. The first-order valence-corrected chi connectivity index (χ1v) is 9.26. The molecule has 1 unspecified atom stereocenters. The minimum atomic E-state index is 0.516. The van der Waals surface area contributed by atoms with E-state index in [4.69, 9.17) is 0 Å². The van der Waals surface area contributed by atoms with Gasteiger partial charge in [-0.15, -0.1) is 0 Å². The van der Waals surface area contributed by atoms with E-state index >= 15 is 0 Å². The molecule has 1 N–H and O–H groups in total. The maximum atomic E-state index is 3.72. The van der Waals surface area contributed by atoms with E-state index in [9.17, 15) is 0 Å². The van der Waals surface area contributed by atoms with Crippen LogP contribution in [0.25, 0.3) is 0 Å². The van der Waals surface area contributed by atoms with Crippen LogP contribution in [0.15, 0.2) is 24.3 Å². The topological polar surface area (TPSA) is 12.0 Å². The molecule has 1 saturated carbocycles. The molecule has 0 saturated heterocycles. The van der Waals surface area contributed by atoms with E-state index in [0.29, 0.717) is 6.04 Å². The minimum absolute atomic E-state index is 0.516. The van der Waals surface area contributed by atoms with Gasteiger partial charge in [0.05, 0.1) is 0 Å². The zero-order valence-corrected chi connectivity index (χ0v) is 13.8. The maximum Gasteiger partial charge on any atom is 0.0411 e. The summed E-state index contributed by atoms with van der Waals surface area (Å²) < 4.78 is 0. The maximum absolute atomic E-state index is 3.72. The van der Waals surface area contributed by atoms with Gasteiger partial charge in [0, 0.05) is 17.0 Å². The van der Waals surface area contributed by atoms with Gasteiger partial charge in [0.2, 0.25) is 0 Å². The van der Waals surface area contributed by atoms with Crippen LogP contribution in [0.1, 0.15) is 62.6 Å². The van der Waals surface area contributed by atoms with Crippen LogP contribution in [-0.2, 0) is 0 Å². The number of hydrogen-bond acceptors (Lipinski definition) is 2. The Kier molecular flexibility index (Phi) is 6.95. The van der Waals surface area contributed by atoms with Gasteiger partial charge in [0.25, 0.3) is 0 Å². The highest BCUT2D eigenvalue weighted by Gasteiger charge is 2.17. The van der Waals surface area contributed by atoms with Crippen LogP contribution in [-0.4, -0.2) is 17.5 Å². The van der Waals surface area contributed by atoms with Crippen molar-refractivity contribution in [3.8, 4) is 0 Å². The van der Waals surface area contributed by atoms with Crippen LogP contribution in [0.3, 0.4) is 0 Å². The molecule has 0 amide bonds. The van der Waals surface area contributed by atoms with Gasteiger partial charge >= 0.3 is 0 Å². The van der Waals surface area contributed by atoms with E-state index in [1.807, 2.05) is 0 Å². The molecule has 2 rings (SSSR count). The zero-order valence-electron chi connectivity index (χ0n) is 13.0. The number of nitrogens with one attached hydrogen (secondary N) is 1. The van der Waals surface area contributed by atoms with Crippen molar-refractivity contribution >= 4 is 11.8 Å². The van der Waals surface area contributed by atoms with E-state index in [2.05, 4.69) is 55.2 Å². The summed E-state index contributed by atoms with van der Waals surface area (Å²) in [5.41, 5.74) is 2.80. The summed E-state index contributed by atoms with van der Waals surface area (Å²) in [7, 11) is 0. The molecular formula is C18H29NS. The third kappa shape index (κ3) is 5.14. The Balaban J connectivity index is 1.90. The highest BCUT2D eigenvalue weighted by atomic mass is 32.2. The molecule has 0 heterocycles. The Morgan fingerprint density at radius 3 is 2.50 bits per heavy atom. The summed E-state index contributed by atoms with van der Waals surface area (Å²) in [6.07, 6.45) is 8.39. The van der Waals surface area contributed by atoms with Crippen LogP contribution in [0.5, 0.6) is 0 Å². The Morgan fingerprint density at radius 2 is 1.85 bits per heavy atom. The van der Waals surface area contributed by atoms with Crippen LogP contribution in [0.4, 0.5) is 0 Å². The van der Waals surface area contributed by atoms with Gasteiger partial charge in [-0.1, -0.05) is 56.0 Å². The summed E-state index contributed by atoms with van der Waals surface area (Å²) in [4.78, 5) is 0. The zero-order chi connectivity index (χ0) is 14.2. The lowest BCUT2D eigenvalue weighted by atomic mass is 10.0. The second-order valence-electron chi connectivity index (χ2n) is 6.01. The van der Waals surface area contributed by atoms with Gasteiger partial charge in [-0.3, -0.25) is 0 Å². The predicted octanol–water partition coefficient (Wildman–Crippen LogP) is 5.10. The number of benzene rings is 1. The Bertz CT molecular complexity index is 368. The monoisotopic (exact) mass is 291 g/mol. The molecule has 1 aromatic rings. The normalized spacial score (nSPS) is 18.1. The molecule has 1 aliphatic carbocycles. The quantitative estimate of drug-likeness (QED) is 0.750. The summed E-state index contributed by atoms with van der Waals surface area (Å²) in [6.45, 7) is 5.52. The molecule has 1 atom stereocenters. The van der Waals surface area contributed by atoms with E-state index in [1.54, 1.807) is 0 Å². The first-order valence-electron chi connectivity index (χ1n) is 8.21. The number of thioether (sulfide) groups is 1. The molecule has 1 fully saturated rings.